The standard InChI is InChI=1S/C13H25N3S/c1-5-6-16(4)9-12-10-17-13(15-12)8-14-7-11(2)3/h10-11,14H,5-9H2,1-4H3. The second-order valence-corrected chi connectivity index (χ2v) is 5.94. The van der Waals surface area contributed by atoms with E-state index in [2.05, 4.69) is 48.4 Å². The average Bonchev–Trinajstić information content (AvgIpc) is 2.65. The molecule has 0 aliphatic rings. The molecule has 0 spiro atoms. The fourth-order valence-electron chi connectivity index (χ4n) is 1.71. The molecule has 0 amide bonds. The Labute approximate surface area is 109 Å². The first kappa shape index (κ1) is 14.6. The molecule has 0 unspecified atom stereocenters. The van der Waals surface area contributed by atoms with Crippen LogP contribution in [0.5, 0.6) is 0 Å². The lowest BCUT2D eigenvalue weighted by Crippen LogP contribution is -2.20. The summed E-state index contributed by atoms with van der Waals surface area (Å²) in [6.07, 6.45) is 1.20. The van der Waals surface area contributed by atoms with Crippen LogP contribution in [-0.2, 0) is 13.1 Å². The maximum Gasteiger partial charge on any atom is 0.107 e. The molecule has 17 heavy (non-hydrogen) atoms. The van der Waals surface area contributed by atoms with Gasteiger partial charge in [0.25, 0.3) is 0 Å². The highest BCUT2D eigenvalue weighted by Gasteiger charge is 2.04. The molecule has 98 valence electrons. The fourth-order valence-corrected chi connectivity index (χ4v) is 2.46. The normalized spacial score (nSPS) is 11.6. The summed E-state index contributed by atoms with van der Waals surface area (Å²) in [4.78, 5) is 6.96. The quantitative estimate of drug-likeness (QED) is 0.774. The Morgan fingerprint density at radius 2 is 2.24 bits per heavy atom. The lowest BCUT2D eigenvalue weighted by atomic mass is 10.2. The topological polar surface area (TPSA) is 28.2 Å². The molecule has 0 aliphatic heterocycles. The second-order valence-electron chi connectivity index (χ2n) is 5.00. The zero-order valence-corrected chi connectivity index (χ0v) is 12.3. The van der Waals surface area contributed by atoms with Gasteiger partial charge < -0.3 is 10.2 Å². The number of thiazole rings is 1. The summed E-state index contributed by atoms with van der Waals surface area (Å²) in [7, 11) is 2.15. The Morgan fingerprint density at radius 3 is 2.88 bits per heavy atom. The Kier molecular flexibility index (Phi) is 6.70. The lowest BCUT2D eigenvalue weighted by molar-refractivity contribution is 0.324. The molecule has 1 N–H and O–H groups in total. The van der Waals surface area contributed by atoms with Gasteiger partial charge in [-0.05, 0) is 32.5 Å². The molecule has 0 bridgehead atoms. The zero-order valence-electron chi connectivity index (χ0n) is 11.5. The Balaban J connectivity index is 2.32. The number of hydrogen-bond donors (Lipinski definition) is 1. The van der Waals surface area contributed by atoms with E-state index in [9.17, 15) is 0 Å². The fraction of sp³-hybridized carbons (Fsp3) is 0.769. The van der Waals surface area contributed by atoms with Gasteiger partial charge in [0.2, 0.25) is 0 Å². The maximum atomic E-state index is 4.64. The third kappa shape index (κ3) is 6.15. The van der Waals surface area contributed by atoms with E-state index in [0.717, 1.165) is 26.2 Å². The molecule has 4 heteroatoms. The lowest BCUT2D eigenvalue weighted by Gasteiger charge is -2.13. The van der Waals surface area contributed by atoms with Crippen LogP contribution in [0.15, 0.2) is 5.38 Å². The van der Waals surface area contributed by atoms with Gasteiger partial charge in [-0.25, -0.2) is 4.98 Å². The van der Waals surface area contributed by atoms with Gasteiger partial charge in [0.15, 0.2) is 0 Å². The van der Waals surface area contributed by atoms with Gasteiger partial charge in [0, 0.05) is 18.5 Å². The van der Waals surface area contributed by atoms with Crippen LogP contribution in [0.4, 0.5) is 0 Å². The van der Waals surface area contributed by atoms with E-state index < -0.39 is 0 Å². The first-order valence-corrected chi connectivity index (χ1v) is 7.32. The molecule has 0 radical (unpaired) electrons. The molecular formula is C13H25N3S. The number of nitrogens with zero attached hydrogens (tertiary/aromatic N) is 2. The summed E-state index contributed by atoms with van der Waals surface area (Å²) >= 11 is 1.76. The third-order valence-electron chi connectivity index (χ3n) is 2.47. The minimum atomic E-state index is 0.699. The van der Waals surface area contributed by atoms with Crippen LogP contribution in [0.25, 0.3) is 0 Å². The SMILES string of the molecule is CCCN(C)Cc1csc(CNCC(C)C)n1. The number of nitrogens with one attached hydrogen (secondary N) is 1. The van der Waals surface area contributed by atoms with Crippen molar-refractivity contribution in [3.8, 4) is 0 Å². The number of aromatic nitrogens is 1. The molecule has 1 aromatic rings. The van der Waals surface area contributed by atoms with Crippen molar-refractivity contribution in [2.45, 2.75) is 40.3 Å². The Morgan fingerprint density at radius 1 is 1.47 bits per heavy atom. The van der Waals surface area contributed by atoms with Crippen molar-refractivity contribution in [2.24, 2.45) is 5.92 Å². The summed E-state index contributed by atoms with van der Waals surface area (Å²) in [5.74, 6) is 0.699. The molecule has 0 fully saturated rings. The number of hydrogen-bond acceptors (Lipinski definition) is 4. The van der Waals surface area contributed by atoms with E-state index in [1.54, 1.807) is 11.3 Å². The summed E-state index contributed by atoms with van der Waals surface area (Å²) < 4.78 is 0. The van der Waals surface area contributed by atoms with Crippen LogP contribution in [-0.4, -0.2) is 30.0 Å². The molecule has 1 aromatic heterocycles. The Hall–Kier alpha value is -0.450. The molecule has 0 saturated carbocycles. The zero-order chi connectivity index (χ0) is 12.7. The van der Waals surface area contributed by atoms with Gasteiger partial charge >= 0.3 is 0 Å². The van der Waals surface area contributed by atoms with Gasteiger partial charge in [0.05, 0.1) is 5.69 Å². The maximum absolute atomic E-state index is 4.64. The molecule has 1 heterocycles. The second kappa shape index (κ2) is 7.80. The largest absolute Gasteiger partial charge is 0.310 e. The summed E-state index contributed by atoms with van der Waals surface area (Å²) in [6.45, 7) is 10.7. The van der Waals surface area contributed by atoms with Crippen LogP contribution < -0.4 is 5.32 Å². The van der Waals surface area contributed by atoms with Gasteiger partial charge in [-0.3, -0.25) is 0 Å². The molecule has 0 saturated heterocycles. The van der Waals surface area contributed by atoms with Crippen molar-refractivity contribution in [1.82, 2.24) is 15.2 Å². The van der Waals surface area contributed by atoms with Gasteiger partial charge in [-0.2, -0.15) is 0 Å². The van der Waals surface area contributed by atoms with Crippen molar-refractivity contribution in [2.75, 3.05) is 20.1 Å². The van der Waals surface area contributed by atoms with E-state index in [0.29, 0.717) is 5.92 Å². The van der Waals surface area contributed by atoms with Crippen molar-refractivity contribution in [3.05, 3.63) is 16.1 Å². The minimum Gasteiger partial charge on any atom is -0.310 e. The summed E-state index contributed by atoms with van der Waals surface area (Å²) in [6, 6.07) is 0. The molecular weight excluding hydrogens is 230 g/mol. The van der Waals surface area contributed by atoms with Crippen LogP contribution in [0.3, 0.4) is 0 Å². The van der Waals surface area contributed by atoms with Crippen molar-refractivity contribution in [3.63, 3.8) is 0 Å². The van der Waals surface area contributed by atoms with E-state index in [1.165, 1.54) is 17.1 Å². The summed E-state index contributed by atoms with van der Waals surface area (Å²) in [5, 5.41) is 6.81. The average molecular weight is 255 g/mol. The van der Waals surface area contributed by atoms with Crippen LogP contribution >= 0.6 is 11.3 Å². The first-order chi connectivity index (χ1) is 8.11. The molecule has 1 rings (SSSR count). The molecule has 0 atom stereocenters. The minimum absolute atomic E-state index is 0.699. The monoisotopic (exact) mass is 255 g/mol. The predicted octanol–water partition coefficient (Wildman–Crippen LogP) is 2.73. The van der Waals surface area contributed by atoms with E-state index in [-0.39, 0.29) is 0 Å². The van der Waals surface area contributed by atoms with Crippen LogP contribution in [0.2, 0.25) is 0 Å². The van der Waals surface area contributed by atoms with Gasteiger partial charge in [-0.1, -0.05) is 20.8 Å². The van der Waals surface area contributed by atoms with Gasteiger partial charge in [-0.15, -0.1) is 11.3 Å². The van der Waals surface area contributed by atoms with E-state index >= 15 is 0 Å². The van der Waals surface area contributed by atoms with Crippen molar-refractivity contribution in [1.29, 1.82) is 0 Å². The van der Waals surface area contributed by atoms with Crippen molar-refractivity contribution < 1.29 is 0 Å². The number of rotatable bonds is 8. The molecule has 0 aliphatic carbocycles. The molecule has 0 aromatic carbocycles. The smallest absolute Gasteiger partial charge is 0.107 e. The van der Waals surface area contributed by atoms with Crippen LogP contribution in [0.1, 0.15) is 37.9 Å². The van der Waals surface area contributed by atoms with Crippen LogP contribution in [0, 0.1) is 5.92 Å². The molecule has 3 nitrogen and oxygen atoms in total. The third-order valence-corrected chi connectivity index (χ3v) is 3.36. The van der Waals surface area contributed by atoms with E-state index in [1.807, 2.05) is 0 Å². The van der Waals surface area contributed by atoms with Gasteiger partial charge in [0.1, 0.15) is 5.01 Å². The highest BCUT2D eigenvalue weighted by Crippen LogP contribution is 2.11. The van der Waals surface area contributed by atoms with Crippen molar-refractivity contribution >= 4 is 11.3 Å². The highest BCUT2D eigenvalue weighted by molar-refractivity contribution is 7.09. The first-order valence-electron chi connectivity index (χ1n) is 6.44. The predicted molar refractivity (Wildman–Crippen MR) is 75.3 cm³/mol. The van der Waals surface area contributed by atoms with E-state index in [4.69, 9.17) is 0 Å². The highest BCUT2D eigenvalue weighted by atomic mass is 32.1. The summed E-state index contributed by atoms with van der Waals surface area (Å²) in [5.41, 5.74) is 1.20. The Bertz CT molecular complexity index is 309.